The Balaban J connectivity index is 2.28. The number of carbonyl (C=O) groups excluding carboxylic acids is 1. The summed E-state index contributed by atoms with van der Waals surface area (Å²) in [5.41, 5.74) is 0.102. The van der Waals surface area contributed by atoms with Gasteiger partial charge in [0.1, 0.15) is 17.5 Å². The van der Waals surface area contributed by atoms with Crippen LogP contribution in [0, 0.1) is 24.4 Å². The predicted molar refractivity (Wildman–Crippen MR) is 65.4 cm³/mol. The fraction of sp³-hybridized carbons (Fsp3) is 0.0714. The Morgan fingerprint density at radius 3 is 2.42 bits per heavy atom. The number of hydrogen-bond acceptors (Lipinski definition) is 1. The molecule has 19 heavy (non-hydrogen) atoms. The summed E-state index contributed by atoms with van der Waals surface area (Å²) in [7, 11) is 0. The standard InChI is InChI=1S/C14H10F3NO/c1-8-2-4-10(12(17)6-8)14(19)18-13-7-9(15)3-5-11(13)16/h2-7H,1H3,(H,18,19). The van der Waals surface area contributed by atoms with Gasteiger partial charge in [0.15, 0.2) is 0 Å². The molecule has 5 heteroatoms. The van der Waals surface area contributed by atoms with Crippen LogP contribution >= 0.6 is 0 Å². The van der Waals surface area contributed by atoms with E-state index < -0.39 is 23.4 Å². The lowest BCUT2D eigenvalue weighted by Gasteiger charge is -2.07. The summed E-state index contributed by atoms with van der Waals surface area (Å²) in [6.07, 6.45) is 0. The first kappa shape index (κ1) is 13.1. The van der Waals surface area contributed by atoms with Crippen molar-refractivity contribution < 1.29 is 18.0 Å². The highest BCUT2D eigenvalue weighted by molar-refractivity contribution is 6.04. The Hall–Kier alpha value is -2.30. The third-order valence-corrected chi connectivity index (χ3v) is 2.55. The van der Waals surface area contributed by atoms with Gasteiger partial charge in [-0.3, -0.25) is 4.79 Å². The minimum atomic E-state index is -0.831. The molecule has 0 aromatic heterocycles. The molecule has 0 aliphatic rings. The maximum atomic E-state index is 13.6. The van der Waals surface area contributed by atoms with Crippen LogP contribution in [-0.2, 0) is 0 Å². The lowest BCUT2D eigenvalue weighted by Crippen LogP contribution is -2.15. The van der Waals surface area contributed by atoms with E-state index in [4.69, 9.17) is 0 Å². The van der Waals surface area contributed by atoms with Crippen molar-refractivity contribution in [2.24, 2.45) is 0 Å². The van der Waals surface area contributed by atoms with Crippen molar-refractivity contribution in [1.82, 2.24) is 0 Å². The van der Waals surface area contributed by atoms with Crippen LogP contribution in [0.2, 0.25) is 0 Å². The van der Waals surface area contributed by atoms with E-state index in [1.807, 2.05) is 0 Å². The van der Waals surface area contributed by atoms with Gasteiger partial charge < -0.3 is 5.32 Å². The largest absolute Gasteiger partial charge is 0.319 e. The van der Waals surface area contributed by atoms with E-state index in [1.165, 1.54) is 12.1 Å². The number of benzene rings is 2. The maximum Gasteiger partial charge on any atom is 0.258 e. The molecule has 0 saturated carbocycles. The molecule has 1 N–H and O–H groups in total. The van der Waals surface area contributed by atoms with Gasteiger partial charge in [-0.05, 0) is 36.8 Å². The van der Waals surface area contributed by atoms with Gasteiger partial charge >= 0.3 is 0 Å². The van der Waals surface area contributed by atoms with Crippen LogP contribution < -0.4 is 5.32 Å². The molecule has 0 bridgehead atoms. The predicted octanol–water partition coefficient (Wildman–Crippen LogP) is 3.66. The van der Waals surface area contributed by atoms with Crippen molar-refractivity contribution in [3.05, 3.63) is 65.0 Å². The molecule has 2 rings (SSSR count). The van der Waals surface area contributed by atoms with Crippen LogP contribution in [0.4, 0.5) is 18.9 Å². The van der Waals surface area contributed by atoms with Crippen LogP contribution in [0.1, 0.15) is 15.9 Å². The first-order chi connectivity index (χ1) is 8.97. The van der Waals surface area contributed by atoms with E-state index >= 15 is 0 Å². The van der Waals surface area contributed by atoms with Gasteiger partial charge in [0.25, 0.3) is 5.91 Å². The number of nitrogens with one attached hydrogen (secondary N) is 1. The van der Waals surface area contributed by atoms with Gasteiger partial charge in [0, 0.05) is 6.07 Å². The summed E-state index contributed by atoms with van der Waals surface area (Å²) >= 11 is 0. The van der Waals surface area contributed by atoms with E-state index in [0.29, 0.717) is 5.56 Å². The SMILES string of the molecule is Cc1ccc(C(=O)Nc2cc(F)ccc2F)c(F)c1. The minimum absolute atomic E-state index is 0.228. The number of hydrogen-bond donors (Lipinski definition) is 1. The van der Waals surface area contributed by atoms with Crippen molar-refractivity contribution in [3.63, 3.8) is 0 Å². The van der Waals surface area contributed by atoms with Crippen molar-refractivity contribution in [2.75, 3.05) is 5.32 Å². The smallest absolute Gasteiger partial charge is 0.258 e. The van der Waals surface area contributed by atoms with Gasteiger partial charge in [0.2, 0.25) is 0 Å². The molecule has 0 saturated heterocycles. The number of amides is 1. The van der Waals surface area contributed by atoms with Crippen molar-refractivity contribution >= 4 is 11.6 Å². The molecule has 0 spiro atoms. The van der Waals surface area contributed by atoms with Crippen LogP contribution in [0.5, 0.6) is 0 Å². The Morgan fingerprint density at radius 1 is 1.00 bits per heavy atom. The summed E-state index contributed by atoms with van der Waals surface area (Å²) in [6, 6.07) is 6.68. The van der Waals surface area contributed by atoms with Crippen LogP contribution in [0.3, 0.4) is 0 Å². The second-order valence-corrected chi connectivity index (χ2v) is 4.06. The van der Waals surface area contributed by atoms with E-state index in [0.717, 1.165) is 18.2 Å². The molecule has 1 amide bonds. The van der Waals surface area contributed by atoms with Crippen LogP contribution in [0.25, 0.3) is 0 Å². The zero-order valence-corrected chi connectivity index (χ0v) is 10.0. The van der Waals surface area contributed by atoms with Crippen molar-refractivity contribution in [3.8, 4) is 0 Å². The highest BCUT2D eigenvalue weighted by Gasteiger charge is 2.14. The number of aryl methyl sites for hydroxylation is 1. The number of carbonyl (C=O) groups is 1. The molecule has 0 fully saturated rings. The molecule has 0 unspecified atom stereocenters. The number of halogens is 3. The summed E-state index contributed by atoms with van der Waals surface area (Å²) in [4.78, 5) is 11.8. The van der Waals surface area contributed by atoms with E-state index in [-0.39, 0.29) is 11.3 Å². The van der Waals surface area contributed by atoms with Gasteiger partial charge in [-0.25, -0.2) is 13.2 Å². The molecule has 2 aromatic rings. The Bertz CT molecular complexity index is 641. The van der Waals surface area contributed by atoms with E-state index in [2.05, 4.69) is 5.32 Å². The fourth-order valence-corrected chi connectivity index (χ4v) is 1.59. The van der Waals surface area contributed by atoms with Gasteiger partial charge in [-0.1, -0.05) is 6.07 Å². The number of anilines is 1. The summed E-state index contributed by atoms with van der Waals surface area (Å²) in [5.74, 6) is -3.03. The van der Waals surface area contributed by atoms with Gasteiger partial charge in [-0.15, -0.1) is 0 Å². The average molecular weight is 265 g/mol. The Labute approximate surface area is 107 Å². The summed E-state index contributed by atoms with van der Waals surface area (Å²) < 4.78 is 39.8. The molecule has 0 aliphatic heterocycles. The zero-order chi connectivity index (χ0) is 14.0. The third kappa shape index (κ3) is 2.93. The molecular weight excluding hydrogens is 255 g/mol. The molecule has 0 aliphatic carbocycles. The maximum absolute atomic E-state index is 13.6. The third-order valence-electron chi connectivity index (χ3n) is 2.55. The first-order valence-electron chi connectivity index (χ1n) is 5.50. The average Bonchev–Trinajstić information content (AvgIpc) is 2.33. The first-order valence-corrected chi connectivity index (χ1v) is 5.50. The summed E-state index contributed by atoms with van der Waals surface area (Å²) in [5, 5.41) is 2.13. The Morgan fingerprint density at radius 2 is 1.74 bits per heavy atom. The lowest BCUT2D eigenvalue weighted by molar-refractivity contribution is 0.102. The van der Waals surface area contributed by atoms with E-state index in [9.17, 15) is 18.0 Å². The van der Waals surface area contributed by atoms with Crippen molar-refractivity contribution in [2.45, 2.75) is 6.92 Å². The molecule has 98 valence electrons. The lowest BCUT2D eigenvalue weighted by atomic mass is 10.1. The highest BCUT2D eigenvalue weighted by atomic mass is 19.1. The van der Waals surface area contributed by atoms with E-state index in [1.54, 1.807) is 13.0 Å². The molecule has 2 nitrogen and oxygen atoms in total. The van der Waals surface area contributed by atoms with Gasteiger partial charge in [-0.2, -0.15) is 0 Å². The molecule has 0 atom stereocenters. The van der Waals surface area contributed by atoms with Crippen LogP contribution in [0.15, 0.2) is 36.4 Å². The quantitative estimate of drug-likeness (QED) is 0.882. The molecule has 2 aromatic carbocycles. The fourth-order valence-electron chi connectivity index (χ4n) is 1.59. The molecular formula is C14H10F3NO. The second-order valence-electron chi connectivity index (χ2n) is 4.06. The normalized spacial score (nSPS) is 10.3. The minimum Gasteiger partial charge on any atom is -0.319 e. The number of rotatable bonds is 2. The second kappa shape index (κ2) is 5.14. The monoisotopic (exact) mass is 265 g/mol. The highest BCUT2D eigenvalue weighted by Crippen LogP contribution is 2.17. The van der Waals surface area contributed by atoms with Gasteiger partial charge in [0.05, 0.1) is 11.3 Å². The molecule has 0 radical (unpaired) electrons. The zero-order valence-electron chi connectivity index (χ0n) is 10.0. The Kier molecular flexibility index (Phi) is 3.55. The van der Waals surface area contributed by atoms with Crippen molar-refractivity contribution in [1.29, 1.82) is 0 Å². The van der Waals surface area contributed by atoms with Crippen LogP contribution in [-0.4, -0.2) is 5.91 Å². The molecule has 0 heterocycles. The summed E-state index contributed by atoms with van der Waals surface area (Å²) in [6.45, 7) is 1.68. The topological polar surface area (TPSA) is 29.1 Å².